The van der Waals surface area contributed by atoms with Crippen LogP contribution < -0.4 is 5.32 Å². The van der Waals surface area contributed by atoms with E-state index >= 15 is 0 Å². The highest BCUT2D eigenvalue weighted by molar-refractivity contribution is 4.89. The Morgan fingerprint density at radius 1 is 1.31 bits per heavy atom. The average molecular weight is 184 g/mol. The van der Waals surface area contributed by atoms with Crippen molar-refractivity contribution in [1.29, 1.82) is 0 Å². The molecule has 1 saturated heterocycles. The molecular weight excluding hydrogens is 164 g/mol. The molecule has 1 heterocycles. The van der Waals surface area contributed by atoms with Crippen molar-refractivity contribution in [2.45, 2.75) is 25.3 Å². The number of hydrogen-bond acceptors (Lipinski definition) is 3. The lowest BCUT2D eigenvalue weighted by atomic mass is 10.1. The van der Waals surface area contributed by atoms with E-state index in [-0.39, 0.29) is 0 Å². The van der Waals surface area contributed by atoms with Gasteiger partial charge in [-0.3, -0.25) is 4.90 Å². The average Bonchev–Trinajstić information content (AvgIpc) is 2.99. The molecule has 0 radical (unpaired) electrons. The van der Waals surface area contributed by atoms with Crippen molar-refractivity contribution in [3.63, 3.8) is 0 Å². The van der Waals surface area contributed by atoms with E-state index in [4.69, 9.17) is 5.11 Å². The molecule has 0 amide bonds. The summed E-state index contributed by atoms with van der Waals surface area (Å²) in [5, 5.41) is 12.4. The van der Waals surface area contributed by atoms with E-state index in [0.717, 1.165) is 25.4 Å². The first-order valence-electron chi connectivity index (χ1n) is 5.47. The van der Waals surface area contributed by atoms with Gasteiger partial charge in [-0.15, -0.1) is 0 Å². The van der Waals surface area contributed by atoms with E-state index in [9.17, 15) is 0 Å². The van der Waals surface area contributed by atoms with Crippen LogP contribution in [0.5, 0.6) is 0 Å². The molecule has 0 aromatic carbocycles. The number of nitrogens with zero attached hydrogens (tertiary/aromatic N) is 1. The van der Waals surface area contributed by atoms with Gasteiger partial charge in [-0.25, -0.2) is 0 Å². The van der Waals surface area contributed by atoms with Crippen LogP contribution in [0.4, 0.5) is 0 Å². The predicted octanol–water partition coefficient (Wildman–Crippen LogP) is 0.0526. The van der Waals surface area contributed by atoms with Crippen LogP contribution in [-0.2, 0) is 0 Å². The first kappa shape index (κ1) is 9.44. The highest BCUT2D eigenvalue weighted by Crippen LogP contribution is 2.36. The van der Waals surface area contributed by atoms with Crippen LogP contribution in [-0.4, -0.2) is 48.8 Å². The van der Waals surface area contributed by atoms with Gasteiger partial charge in [-0.2, -0.15) is 0 Å². The molecule has 0 aromatic rings. The molecule has 0 spiro atoms. The van der Waals surface area contributed by atoms with Crippen LogP contribution in [0.3, 0.4) is 0 Å². The number of aliphatic hydroxyl groups excluding tert-OH is 1. The van der Waals surface area contributed by atoms with Gasteiger partial charge in [-0.05, 0) is 25.2 Å². The van der Waals surface area contributed by atoms with Crippen molar-refractivity contribution >= 4 is 0 Å². The van der Waals surface area contributed by atoms with E-state index in [1.54, 1.807) is 0 Å². The van der Waals surface area contributed by atoms with Crippen molar-refractivity contribution in [3.8, 4) is 0 Å². The van der Waals surface area contributed by atoms with Crippen molar-refractivity contribution in [3.05, 3.63) is 0 Å². The lowest BCUT2D eigenvalue weighted by molar-refractivity contribution is 0.125. The zero-order chi connectivity index (χ0) is 9.10. The summed E-state index contributed by atoms with van der Waals surface area (Å²) in [7, 11) is 0. The molecule has 3 nitrogen and oxygen atoms in total. The van der Waals surface area contributed by atoms with Crippen molar-refractivity contribution in [2.75, 3.05) is 32.8 Å². The van der Waals surface area contributed by atoms with Crippen LogP contribution in [0, 0.1) is 5.92 Å². The highest BCUT2D eigenvalue weighted by Gasteiger charge is 2.34. The monoisotopic (exact) mass is 184 g/mol. The third kappa shape index (κ3) is 2.42. The van der Waals surface area contributed by atoms with Gasteiger partial charge in [-0.1, -0.05) is 0 Å². The van der Waals surface area contributed by atoms with E-state index < -0.39 is 0 Å². The van der Waals surface area contributed by atoms with Crippen LogP contribution >= 0.6 is 0 Å². The largest absolute Gasteiger partial charge is 0.396 e. The minimum absolute atomic E-state index is 0.352. The van der Waals surface area contributed by atoms with E-state index in [0.29, 0.717) is 12.6 Å². The SMILES string of the molecule is OCCC(C1CC1)N1CCNCC1. The van der Waals surface area contributed by atoms with E-state index in [1.807, 2.05) is 0 Å². The van der Waals surface area contributed by atoms with Gasteiger partial charge in [0.15, 0.2) is 0 Å². The Hall–Kier alpha value is -0.120. The minimum atomic E-state index is 0.352. The van der Waals surface area contributed by atoms with Gasteiger partial charge in [0.2, 0.25) is 0 Å². The first-order valence-corrected chi connectivity index (χ1v) is 5.47. The molecule has 3 heteroatoms. The third-order valence-corrected chi connectivity index (χ3v) is 3.21. The fraction of sp³-hybridized carbons (Fsp3) is 1.00. The predicted molar refractivity (Wildman–Crippen MR) is 52.7 cm³/mol. The molecule has 2 N–H and O–H groups in total. The highest BCUT2D eigenvalue weighted by atomic mass is 16.3. The lowest BCUT2D eigenvalue weighted by Gasteiger charge is -2.34. The number of aliphatic hydroxyl groups is 1. The normalized spacial score (nSPS) is 27.5. The summed E-state index contributed by atoms with van der Waals surface area (Å²) in [5.74, 6) is 0.894. The maximum atomic E-state index is 9.00. The van der Waals surface area contributed by atoms with Crippen LogP contribution in [0.25, 0.3) is 0 Å². The third-order valence-electron chi connectivity index (χ3n) is 3.21. The second-order valence-corrected chi connectivity index (χ2v) is 4.20. The molecular formula is C10H20N2O. The smallest absolute Gasteiger partial charge is 0.0446 e. The molecule has 0 bridgehead atoms. The molecule has 1 unspecified atom stereocenters. The summed E-state index contributed by atoms with van der Waals surface area (Å²) in [4.78, 5) is 2.56. The zero-order valence-corrected chi connectivity index (χ0v) is 8.21. The van der Waals surface area contributed by atoms with Gasteiger partial charge in [0, 0.05) is 38.8 Å². The summed E-state index contributed by atoms with van der Waals surface area (Å²) in [6.07, 6.45) is 3.74. The second-order valence-electron chi connectivity index (χ2n) is 4.20. The van der Waals surface area contributed by atoms with Gasteiger partial charge in [0.1, 0.15) is 0 Å². The van der Waals surface area contributed by atoms with Crippen LogP contribution in [0.1, 0.15) is 19.3 Å². The lowest BCUT2D eigenvalue weighted by Crippen LogP contribution is -2.49. The summed E-state index contributed by atoms with van der Waals surface area (Å²) in [5.41, 5.74) is 0. The molecule has 1 aliphatic heterocycles. The van der Waals surface area contributed by atoms with Gasteiger partial charge in [0.05, 0.1) is 0 Å². The molecule has 2 rings (SSSR count). The molecule has 2 aliphatic rings. The molecule has 0 aromatic heterocycles. The van der Waals surface area contributed by atoms with Crippen molar-refractivity contribution < 1.29 is 5.11 Å². The maximum absolute atomic E-state index is 9.00. The molecule has 2 fully saturated rings. The molecule has 13 heavy (non-hydrogen) atoms. The van der Waals surface area contributed by atoms with E-state index in [2.05, 4.69) is 10.2 Å². The quantitative estimate of drug-likeness (QED) is 0.648. The van der Waals surface area contributed by atoms with E-state index in [1.165, 1.54) is 25.9 Å². The van der Waals surface area contributed by atoms with Gasteiger partial charge < -0.3 is 10.4 Å². The fourth-order valence-corrected chi connectivity index (χ4v) is 2.34. The Balaban J connectivity index is 1.84. The minimum Gasteiger partial charge on any atom is -0.396 e. The maximum Gasteiger partial charge on any atom is 0.0446 e. The summed E-state index contributed by atoms with van der Waals surface area (Å²) in [6, 6.07) is 0.673. The van der Waals surface area contributed by atoms with Gasteiger partial charge in [0.25, 0.3) is 0 Å². The molecule has 1 aliphatic carbocycles. The Kier molecular flexibility index (Phi) is 3.19. The number of nitrogens with one attached hydrogen (secondary N) is 1. The Morgan fingerprint density at radius 3 is 2.54 bits per heavy atom. The Morgan fingerprint density at radius 2 is 2.00 bits per heavy atom. The van der Waals surface area contributed by atoms with Crippen molar-refractivity contribution in [1.82, 2.24) is 10.2 Å². The fourth-order valence-electron chi connectivity index (χ4n) is 2.34. The van der Waals surface area contributed by atoms with Crippen molar-refractivity contribution in [2.24, 2.45) is 5.92 Å². The number of hydrogen-bond donors (Lipinski definition) is 2. The molecule has 1 saturated carbocycles. The topological polar surface area (TPSA) is 35.5 Å². The molecule has 1 atom stereocenters. The zero-order valence-electron chi connectivity index (χ0n) is 8.21. The standard InChI is InChI=1S/C10H20N2O/c13-8-3-10(9-1-2-9)12-6-4-11-5-7-12/h9-11,13H,1-8H2. The summed E-state index contributed by atoms with van der Waals surface area (Å²) in [6.45, 7) is 4.93. The Labute approximate surface area is 80.1 Å². The summed E-state index contributed by atoms with van der Waals surface area (Å²) >= 11 is 0. The Bertz CT molecular complexity index is 153. The van der Waals surface area contributed by atoms with Crippen LogP contribution in [0.2, 0.25) is 0 Å². The number of piperazine rings is 1. The first-order chi connectivity index (χ1) is 6.42. The van der Waals surface area contributed by atoms with Crippen LogP contribution in [0.15, 0.2) is 0 Å². The molecule has 76 valence electrons. The second kappa shape index (κ2) is 4.40. The summed E-state index contributed by atoms with van der Waals surface area (Å²) < 4.78 is 0. The number of rotatable bonds is 4. The van der Waals surface area contributed by atoms with Gasteiger partial charge >= 0.3 is 0 Å².